The molecule has 1 spiro atoms. The van der Waals surface area contributed by atoms with Gasteiger partial charge in [-0.2, -0.15) is 4.80 Å². The van der Waals surface area contributed by atoms with E-state index in [2.05, 4.69) is 39.5 Å². The molecule has 2 heterocycles. The number of nitrogens with one attached hydrogen (secondary N) is 1. The number of aromatic nitrogens is 4. The topological polar surface area (TPSA) is 58.9 Å². The molecule has 6 nitrogen and oxygen atoms in total. The predicted molar refractivity (Wildman–Crippen MR) is 81.7 cm³/mol. The van der Waals surface area contributed by atoms with E-state index in [1.807, 2.05) is 7.05 Å². The third-order valence-corrected chi connectivity index (χ3v) is 5.14. The summed E-state index contributed by atoms with van der Waals surface area (Å²) in [4.78, 5) is 4.14. The molecule has 6 heteroatoms. The third-order valence-electron chi connectivity index (χ3n) is 5.14. The number of hydrogen-bond donors (Lipinski definition) is 1. The van der Waals surface area contributed by atoms with E-state index in [0.29, 0.717) is 17.5 Å². The van der Waals surface area contributed by atoms with Crippen LogP contribution in [0.15, 0.2) is 0 Å². The minimum absolute atomic E-state index is 0.325. The summed E-state index contributed by atoms with van der Waals surface area (Å²) in [5.74, 6) is 1.48. The smallest absolute Gasteiger partial charge is 0.188 e. The Morgan fingerprint density at radius 1 is 1.29 bits per heavy atom. The molecule has 1 saturated carbocycles. The number of tetrazole rings is 1. The Morgan fingerprint density at radius 2 is 2.05 bits per heavy atom. The molecule has 1 aromatic heterocycles. The van der Waals surface area contributed by atoms with Crippen LogP contribution in [-0.2, 0) is 13.6 Å². The van der Waals surface area contributed by atoms with Gasteiger partial charge in [-0.25, -0.2) is 0 Å². The van der Waals surface area contributed by atoms with E-state index in [1.165, 1.54) is 32.1 Å². The first-order valence-corrected chi connectivity index (χ1v) is 8.30. The van der Waals surface area contributed by atoms with Crippen molar-refractivity contribution in [2.75, 3.05) is 13.1 Å². The molecule has 2 fully saturated rings. The van der Waals surface area contributed by atoms with Crippen molar-refractivity contribution in [2.45, 2.75) is 64.1 Å². The zero-order valence-electron chi connectivity index (χ0n) is 13.5. The lowest BCUT2D eigenvalue weighted by molar-refractivity contribution is 0.0292. The van der Waals surface area contributed by atoms with Crippen LogP contribution in [0.2, 0.25) is 0 Å². The summed E-state index contributed by atoms with van der Waals surface area (Å²) in [5.41, 5.74) is 0.325. The molecule has 0 radical (unpaired) electrons. The first kappa shape index (κ1) is 14.9. The number of nitrogens with zero attached hydrogens (tertiary/aromatic N) is 5. The fourth-order valence-corrected chi connectivity index (χ4v) is 3.97. The second-order valence-electron chi connectivity index (χ2n) is 7.13. The molecule has 1 atom stereocenters. The average molecular weight is 292 g/mol. The summed E-state index contributed by atoms with van der Waals surface area (Å²) < 4.78 is 0. The molecule has 1 aromatic rings. The summed E-state index contributed by atoms with van der Waals surface area (Å²) in [5, 5.41) is 16.4. The molecule has 0 aromatic carbocycles. The van der Waals surface area contributed by atoms with Crippen molar-refractivity contribution in [3.63, 3.8) is 0 Å². The Bertz CT molecular complexity index is 462. The van der Waals surface area contributed by atoms with E-state index in [9.17, 15) is 0 Å². The molecule has 0 amide bonds. The zero-order chi connectivity index (χ0) is 14.9. The highest BCUT2D eigenvalue weighted by atomic mass is 15.6. The number of rotatable bonds is 3. The second kappa shape index (κ2) is 6.01. The normalized spacial score (nSPS) is 26.6. The minimum Gasteiger partial charge on any atom is -0.308 e. The molecule has 1 N–H and O–H groups in total. The lowest BCUT2D eigenvalue weighted by Crippen LogP contribution is -2.65. The monoisotopic (exact) mass is 292 g/mol. The highest BCUT2D eigenvalue weighted by Crippen LogP contribution is 2.33. The molecule has 1 aliphatic heterocycles. The van der Waals surface area contributed by atoms with Gasteiger partial charge in [-0.15, -0.1) is 10.2 Å². The van der Waals surface area contributed by atoms with Crippen molar-refractivity contribution < 1.29 is 0 Å². The van der Waals surface area contributed by atoms with Gasteiger partial charge in [0.2, 0.25) is 0 Å². The first-order valence-electron chi connectivity index (χ1n) is 8.30. The van der Waals surface area contributed by atoms with E-state index in [4.69, 9.17) is 0 Å². The Labute approximate surface area is 127 Å². The molecule has 3 rings (SSSR count). The Morgan fingerprint density at radius 3 is 2.67 bits per heavy atom. The third kappa shape index (κ3) is 3.26. The summed E-state index contributed by atoms with van der Waals surface area (Å²) in [7, 11) is 1.83. The van der Waals surface area contributed by atoms with Crippen molar-refractivity contribution in [3.8, 4) is 0 Å². The van der Waals surface area contributed by atoms with Crippen LogP contribution in [0.5, 0.6) is 0 Å². The van der Waals surface area contributed by atoms with Crippen molar-refractivity contribution in [1.29, 1.82) is 0 Å². The maximum Gasteiger partial charge on any atom is 0.188 e. The first-order chi connectivity index (χ1) is 10.1. The van der Waals surface area contributed by atoms with Crippen LogP contribution in [0.25, 0.3) is 0 Å². The van der Waals surface area contributed by atoms with Gasteiger partial charge in [0.25, 0.3) is 0 Å². The van der Waals surface area contributed by atoms with Gasteiger partial charge in [-0.1, -0.05) is 33.1 Å². The van der Waals surface area contributed by atoms with Crippen LogP contribution in [0.3, 0.4) is 0 Å². The second-order valence-corrected chi connectivity index (χ2v) is 7.13. The van der Waals surface area contributed by atoms with Crippen LogP contribution in [-0.4, -0.2) is 49.8 Å². The lowest BCUT2D eigenvalue weighted by atomic mass is 9.78. The number of hydrogen-bond acceptors (Lipinski definition) is 5. The molecule has 1 aliphatic carbocycles. The molecule has 0 bridgehead atoms. The summed E-state index contributed by atoms with van der Waals surface area (Å²) in [6, 6.07) is 0.557. The van der Waals surface area contributed by atoms with Gasteiger partial charge in [0.1, 0.15) is 0 Å². The minimum atomic E-state index is 0.325. The van der Waals surface area contributed by atoms with Gasteiger partial charge < -0.3 is 5.32 Å². The Kier molecular flexibility index (Phi) is 4.26. The van der Waals surface area contributed by atoms with Crippen molar-refractivity contribution in [2.24, 2.45) is 13.0 Å². The average Bonchev–Trinajstić information content (AvgIpc) is 2.85. The molecule has 1 saturated heterocycles. The zero-order valence-corrected chi connectivity index (χ0v) is 13.5. The van der Waals surface area contributed by atoms with E-state index >= 15 is 0 Å². The van der Waals surface area contributed by atoms with E-state index in [-0.39, 0.29) is 0 Å². The van der Waals surface area contributed by atoms with Crippen LogP contribution >= 0.6 is 0 Å². The Balaban J connectivity index is 1.74. The van der Waals surface area contributed by atoms with Crippen LogP contribution in [0, 0.1) is 5.92 Å². The molecule has 2 aliphatic rings. The predicted octanol–water partition coefficient (Wildman–Crippen LogP) is 1.34. The summed E-state index contributed by atoms with van der Waals surface area (Å²) in [6.07, 6.45) is 6.72. The maximum absolute atomic E-state index is 4.36. The number of aryl methyl sites for hydroxylation is 1. The molecule has 21 heavy (non-hydrogen) atoms. The van der Waals surface area contributed by atoms with Gasteiger partial charge in [0, 0.05) is 24.7 Å². The highest BCUT2D eigenvalue weighted by molar-refractivity contribution is 5.01. The van der Waals surface area contributed by atoms with Gasteiger partial charge in [0.05, 0.1) is 13.6 Å². The van der Waals surface area contributed by atoms with E-state index < -0.39 is 0 Å². The Hall–Kier alpha value is -1.01. The molecular formula is C15H28N6. The quantitative estimate of drug-likeness (QED) is 0.911. The van der Waals surface area contributed by atoms with E-state index in [1.54, 1.807) is 4.80 Å². The standard InChI is InChI=1S/C15H28N6/c1-12(2)13-9-16-15(7-5-4-6-8-15)11-21(13)10-14-17-19-20(3)18-14/h12-13,16H,4-11H2,1-3H3. The fourth-order valence-electron chi connectivity index (χ4n) is 3.97. The van der Waals surface area contributed by atoms with E-state index in [0.717, 1.165) is 25.5 Å². The van der Waals surface area contributed by atoms with Crippen molar-refractivity contribution in [3.05, 3.63) is 5.82 Å². The van der Waals surface area contributed by atoms with Crippen LogP contribution in [0.4, 0.5) is 0 Å². The number of piperazine rings is 1. The largest absolute Gasteiger partial charge is 0.308 e. The van der Waals surface area contributed by atoms with Gasteiger partial charge in [-0.05, 0) is 24.0 Å². The van der Waals surface area contributed by atoms with Crippen LogP contribution < -0.4 is 5.32 Å². The molecular weight excluding hydrogens is 264 g/mol. The van der Waals surface area contributed by atoms with Gasteiger partial charge in [0.15, 0.2) is 5.82 Å². The molecule has 118 valence electrons. The maximum atomic E-state index is 4.36. The summed E-state index contributed by atoms with van der Waals surface area (Å²) in [6.45, 7) is 7.64. The SMILES string of the molecule is CC(C)C1CNC2(CCCCC2)CN1Cc1nnn(C)n1. The molecule has 1 unspecified atom stereocenters. The highest BCUT2D eigenvalue weighted by Gasteiger charge is 2.40. The van der Waals surface area contributed by atoms with Crippen LogP contribution in [0.1, 0.15) is 51.8 Å². The fraction of sp³-hybridized carbons (Fsp3) is 0.933. The van der Waals surface area contributed by atoms with Crippen molar-refractivity contribution >= 4 is 0 Å². The summed E-state index contributed by atoms with van der Waals surface area (Å²) >= 11 is 0. The van der Waals surface area contributed by atoms with Crippen molar-refractivity contribution in [1.82, 2.24) is 30.4 Å². The van der Waals surface area contributed by atoms with Gasteiger partial charge in [-0.3, -0.25) is 4.90 Å². The van der Waals surface area contributed by atoms with Gasteiger partial charge >= 0.3 is 0 Å². The lowest BCUT2D eigenvalue weighted by Gasteiger charge is -2.50.